The first-order valence-corrected chi connectivity index (χ1v) is 8.70. The third-order valence-electron chi connectivity index (χ3n) is 3.31. The average molecular weight is 372 g/mol. The normalized spacial score (nSPS) is 12.6. The SMILES string of the molecule is CCCNC(Cc1cc(F)ccc1Br)c1snnc1CC. The summed E-state index contributed by atoms with van der Waals surface area (Å²) in [5.74, 6) is -0.208. The van der Waals surface area contributed by atoms with Gasteiger partial charge in [0.05, 0.1) is 10.6 Å². The third-order valence-corrected chi connectivity index (χ3v) is 4.96. The van der Waals surface area contributed by atoms with E-state index >= 15 is 0 Å². The van der Waals surface area contributed by atoms with Gasteiger partial charge in [-0.2, -0.15) is 0 Å². The molecular formula is C15H19BrFN3S. The molecule has 114 valence electrons. The summed E-state index contributed by atoms with van der Waals surface area (Å²) in [5, 5.41) is 7.72. The molecular weight excluding hydrogens is 353 g/mol. The summed E-state index contributed by atoms with van der Waals surface area (Å²) in [4.78, 5) is 1.15. The Kier molecular flexibility index (Phi) is 6.26. The molecule has 1 aromatic carbocycles. The molecule has 1 atom stereocenters. The maximum Gasteiger partial charge on any atom is 0.123 e. The minimum atomic E-state index is -0.208. The molecule has 0 saturated carbocycles. The van der Waals surface area contributed by atoms with Crippen LogP contribution in [-0.2, 0) is 12.8 Å². The number of hydrogen-bond acceptors (Lipinski definition) is 4. The summed E-state index contributed by atoms with van der Waals surface area (Å²) >= 11 is 4.93. The monoisotopic (exact) mass is 371 g/mol. The lowest BCUT2D eigenvalue weighted by atomic mass is 10.0. The number of aromatic nitrogens is 2. The summed E-state index contributed by atoms with van der Waals surface area (Å²) in [7, 11) is 0. The molecule has 0 amide bonds. The van der Waals surface area contributed by atoms with Crippen molar-refractivity contribution in [1.82, 2.24) is 14.9 Å². The Hall–Kier alpha value is -0.850. The highest BCUT2D eigenvalue weighted by molar-refractivity contribution is 9.10. The van der Waals surface area contributed by atoms with Crippen molar-refractivity contribution in [3.63, 3.8) is 0 Å². The highest BCUT2D eigenvalue weighted by atomic mass is 79.9. The maximum absolute atomic E-state index is 13.5. The summed E-state index contributed by atoms with van der Waals surface area (Å²) in [5.41, 5.74) is 1.99. The van der Waals surface area contributed by atoms with Crippen LogP contribution in [-0.4, -0.2) is 16.1 Å². The molecule has 2 aromatic rings. The number of halogens is 2. The van der Waals surface area contributed by atoms with Gasteiger partial charge in [-0.1, -0.05) is 34.3 Å². The van der Waals surface area contributed by atoms with Gasteiger partial charge in [0.2, 0.25) is 0 Å². The number of rotatable bonds is 7. The Labute approximate surface area is 137 Å². The lowest BCUT2D eigenvalue weighted by Crippen LogP contribution is -2.24. The van der Waals surface area contributed by atoms with Gasteiger partial charge >= 0.3 is 0 Å². The number of nitrogens with zero attached hydrogens (tertiary/aromatic N) is 2. The second-order valence-corrected chi connectivity index (χ2v) is 6.52. The first-order valence-electron chi connectivity index (χ1n) is 7.14. The van der Waals surface area contributed by atoms with Crippen molar-refractivity contribution in [3.05, 3.63) is 44.6 Å². The van der Waals surface area contributed by atoms with Crippen molar-refractivity contribution in [2.75, 3.05) is 6.54 Å². The van der Waals surface area contributed by atoms with Gasteiger partial charge < -0.3 is 5.32 Å². The van der Waals surface area contributed by atoms with Crippen LogP contribution in [0.3, 0.4) is 0 Å². The Morgan fingerprint density at radius 2 is 2.19 bits per heavy atom. The fraction of sp³-hybridized carbons (Fsp3) is 0.467. The molecule has 0 aliphatic heterocycles. The summed E-state index contributed by atoms with van der Waals surface area (Å²) in [6, 6.07) is 4.93. The Morgan fingerprint density at radius 1 is 1.38 bits per heavy atom. The van der Waals surface area contributed by atoms with E-state index < -0.39 is 0 Å². The standard InChI is InChI=1S/C15H19BrFN3S/c1-3-7-18-14(15-13(4-2)19-20-21-15)9-10-8-11(17)5-6-12(10)16/h5-6,8,14,18H,3-4,7,9H2,1-2H3. The molecule has 0 aliphatic carbocycles. The van der Waals surface area contributed by atoms with Gasteiger partial charge in [0.15, 0.2) is 0 Å². The highest BCUT2D eigenvalue weighted by Gasteiger charge is 2.19. The van der Waals surface area contributed by atoms with Crippen LogP contribution in [0.25, 0.3) is 0 Å². The molecule has 21 heavy (non-hydrogen) atoms. The molecule has 6 heteroatoms. The van der Waals surface area contributed by atoms with Gasteiger partial charge in [-0.25, -0.2) is 4.39 Å². The van der Waals surface area contributed by atoms with Crippen LogP contribution in [0.5, 0.6) is 0 Å². The molecule has 3 nitrogen and oxygen atoms in total. The van der Waals surface area contributed by atoms with Crippen molar-refractivity contribution in [2.24, 2.45) is 0 Å². The van der Waals surface area contributed by atoms with Gasteiger partial charge in [0.1, 0.15) is 5.82 Å². The number of aryl methyl sites for hydroxylation is 1. The zero-order valence-corrected chi connectivity index (χ0v) is 14.6. The fourth-order valence-corrected chi connectivity index (χ4v) is 3.44. The zero-order valence-electron chi connectivity index (χ0n) is 12.2. The molecule has 2 rings (SSSR count). The fourth-order valence-electron chi connectivity index (χ4n) is 2.22. The molecule has 0 bridgehead atoms. The lowest BCUT2D eigenvalue weighted by molar-refractivity contribution is 0.529. The molecule has 1 aromatic heterocycles. The van der Waals surface area contributed by atoms with Crippen LogP contribution in [0.2, 0.25) is 0 Å². The molecule has 1 N–H and O–H groups in total. The first-order chi connectivity index (χ1) is 10.2. The molecule has 0 fully saturated rings. The zero-order chi connectivity index (χ0) is 15.2. The predicted octanol–water partition coefficient (Wildman–Crippen LogP) is 4.29. The van der Waals surface area contributed by atoms with Gasteiger partial charge in [-0.15, -0.1) is 5.10 Å². The van der Waals surface area contributed by atoms with E-state index in [0.717, 1.165) is 46.4 Å². The van der Waals surface area contributed by atoms with E-state index in [1.165, 1.54) is 17.6 Å². The Balaban J connectivity index is 2.26. The summed E-state index contributed by atoms with van der Waals surface area (Å²) in [6.45, 7) is 5.13. The van der Waals surface area contributed by atoms with E-state index in [2.05, 4.69) is 44.7 Å². The average Bonchev–Trinajstić information content (AvgIpc) is 2.95. The number of hydrogen-bond donors (Lipinski definition) is 1. The van der Waals surface area contributed by atoms with Crippen LogP contribution in [0, 0.1) is 5.82 Å². The van der Waals surface area contributed by atoms with Crippen molar-refractivity contribution >= 4 is 27.5 Å². The van der Waals surface area contributed by atoms with Crippen molar-refractivity contribution in [3.8, 4) is 0 Å². The van der Waals surface area contributed by atoms with Gasteiger partial charge in [0, 0.05) is 10.5 Å². The Bertz CT molecular complexity index is 588. The molecule has 0 spiro atoms. The van der Waals surface area contributed by atoms with Crippen LogP contribution in [0.15, 0.2) is 22.7 Å². The lowest BCUT2D eigenvalue weighted by Gasteiger charge is -2.18. The largest absolute Gasteiger partial charge is 0.309 e. The van der Waals surface area contributed by atoms with E-state index in [0.29, 0.717) is 0 Å². The van der Waals surface area contributed by atoms with Gasteiger partial charge in [0.25, 0.3) is 0 Å². The van der Waals surface area contributed by atoms with E-state index in [-0.39, 0.29) is 11.9 Å². The maximum atomic E-state index is 13.5. The van der Waals surface area contributed by atoms with Crippen molar-refractivity contribution in [1.29, 1.82) is 0 Å². The summed E-state index contributed by atoms with van der Waals surface area (Å²) < 4.78 is 18.5. The topological polar surface area (TPSA) is 37.8 Å². The van der Waals surface area contributed by atoms with E-state index in [9.17, 15) is 4.39 Å². The molecule has 0 aliphatic rings. The smallest absolute Gasteiger partial charge is 0.123 e. The highest BCUT2D eigenvalue weighted by Crippen LogP contribution is 2.28. The summed E-state index contributed by atoms with van der Waals surface area (Å²) in [6.07, 6.45) is 2.63. The van der Waals surface area contributed by atoms with Crippen LogP contribution < -0.4 is 5.32 Å². The van der Waals surface area contributed by atoms with Gasteiger partial charge in [-0.3, -0.25) is 0 Å². The Morgan fingerprint density at radius 3 is 2.90 bits per heavy atom. The van der Waals surface area contributed by atoms with Crippen molar-refractivity contribution in [2.45, 2.75) is 39.2 Å². The second kappa shape index (κ2) is 7.96. The van der Waals surface area contributed by atoms with Crippen LogP contribution >= 0.6 is 27.5 Å². The predicted molar refractivity (Wildman–Crippen MR) is 88.1 cm³/mol. The second-order valence-electron chi connectivity index (χ2n) is 4.88. The number of benzene rings is 1. The van der Waals surface area contributed by atoms with E-state index in [4.69, 9.17) is 0 Å². The quantitative estimate of drug-likeness (QED) is 0.788. The first kappa shape index (κ1) is 16.5. The van der Waals surface area contributed by atoms with Crippen molar-refractivity contribution < 1.29 is 4.39 Å². The minimum Gasteiger partial charge on any atom is -0.309 e. The molecule has 1 heterocycles. The van der Waals surface area contributed by atoms with E-state index in [1.54, 1.807) is 12.1 Å². The third kappa shape index (κ3) is 4.31. The molecule has 0 radical (unpaired) electrons. The van der Waals surface area contributed by atoms with Crippen LogP contribution in [0.1, 0.15) is 42.4 Å². The van der Waals surface area contributed by atoms with Crippen LogP contribution in [0.4, 0.5) is 4.39 Å². The molecule has 0 saturated heterocycles. The van der Waals surface area contributed by atoms with E-state index in [1.807, 2.05) is 0 Å². The number of nitrogens with one attached hydrogen (secondary N) is 1. The minimum absolute atomic E-state index is 0.123. The van der Waals surface area contributed by atoms with Gasteiger partial charge in [-0.05, 0) is 61.1 Å². The molecule has 1 unspecified atom stereocenters.